The number of hydrogen-bond acceptors (Lipinski definition) is 5. The molecule has 124 valence electrons. The van der Waals surface area contributed by atoms with Gasteiger partial charge in [0, 0.05) is 18.9 Å². The van der Waals surface area contributed by atoms with Crippen molar-refractivity contribution >= 4 is 18.0 Å². The van der Waals surface area contributed by atoms with Gasteiger partial charge in [0.05, 0.1) is 25.4 Å². The van der Waals surface area contributed by atoms with E-state index in [1.54, 1.807) is 23.3 Å². The van der Waals surface area contributed by atoms with Crippen molar-refractivity contribution in [3.63, 3.8) is 0 Å². The predicted octanol–water partition coefficient (Wildman–Crippen LogP) is 2.69. The number of esters is 2. The number of carbonyl (C=O) groups is 2. The second kappa shape index (κ2) is 8.53. The van der Waals surface area contributed by atoms with Gasteiger partial charge in [-0.15, -0.1) is 0 Å². The Labute approximate surface area is 141 Å². The standard InChI is InChI=1S/C19H19NO4/c1-23-18(21)16-10-6-7-12-20(14-17(16)19(22)24-2)13-11-15-8-4-3-5-9-15/h3-11,13-14H,12H2,1-2H3/b7-6?,13-11+,16-10?,17-14?. The molecule has 0 saturated carbocycles. The van der Waals surface area contributed by atoms with Crippen LogP contribution in [0.4, 0.5) is 0 Å². The van der Waals surface area contributed by atoms with Crippen LogP contribution in [0.3, 0.4) is 0 Å². The topological polar surface area (TPSA) is 55.8 Å². The van der Waals surface area contributed by atoms with E-state index < -0.39 is 11.9 Å². The van der Waals surface area contributed by atoms with Crippen molar-refractivity contribution in [2.45, 2.75) is 0 Å². The van der Waals surface area contributed by atoms with Crippen LogP contribution in [-0.2, 0) is 19.1 Å². The lowest BCUT2D eigenvalue weighted by molar-refractivity contribution is -0.139. The van der Waals surface area contributed by atoms with Crippen molar-refractivity contribution in [3.05, 3.63) is 77.7 Å². The van der Waals surface area contributed by atoms with E-state index in [0.29, 0.717) is 6.54 Å². The molecule has 0 N–H and O–H groups in total. The molecule has 0 radical (unpaired) electrons. The number of nitrogens with zero attached hydrogens (tertiary/aromatic N) is 1. The van der Waals surface area contributed by atoms with Gasteiger partial charge in [-0.1, -0.05) is 42.5 Å². The van der Waals surface area contributed by atoms with E-state index >= 15 is 0 Å². The number of hydrogen-bond donors (Lipinski definition) is 0. The Morgan fingerprint density at radius 3 is 2.38 bits per heavy atom. The molecule has 0 saturated heterocycles. The Morgan fingerprint density at radius 1 is 1.04 bits per heavy atom. The van der Waals surface area contributed by atoms with Gasteiger partial charge in [0.15, 0.2) is 0 Å². The molecular weight excluding hydrogens is 306 g/mol. The molecule has 0 unspecified atom stereocenters. The molecule has 0 aromatic heterocycles. The van der Waals surface area contributed by atoms with E-state index in [-0.39, 0.29) is 11.1 Å². The fourth-order valence-corrected chi connectivity index (χ4v) is 2.14. The number of rotatable bonds is 4. The van der Waals surface area contributed by atoms with Gasteiger partial charge in [-0.05, 0) is 17.7 Å². The average Bonchev–Trinajstić information content (AvgIpc) is 2.61. The van der Waals surface area contributed by atoms with Crippen LogP contribution in [0.15, 0.2) is 72.1 Å². The van der Waals surface area contributed by atoms with Crippen molar-refractivity contribution in [3.8, 4) is 0 Å². The van der Waals surface area contributed by atoms with Crippen molar-refractivity contribution < 1.29 is 19.1 Å². The van der Waals surface area contributed by atoms with Gasteiger partial charge in [-0.25, -0.2) is 9.59 Å². The minimum absolute atomic E-state index is 0.145. The van der Waals surface area contributed by atoms with Crippen molar-refractivity contribution in [2.24, 2.45) is 0 Å². The number of methoxy groups -OCH3 is 2. The van der Waals surface area contributed by atoms with Gasteiger partial charge in [-0.2, -0.15) is 0 Å². The van der Waals surface area contributed by atoms with Crippen LogP contribution < -0.4 is 0 Å². The summed E-state index contributed by atoms with van der Waals surface area (Å²) in [6.45, 7) is 0.550. The largest absolute Gasteiger partial charge is 0.465 e. The molecule has 0 amide bonds. The first-order chi connectivity index (χ1) is 11.7. The van der Waals surface area contributed by atoms with Crippen molar-refractivity contribution in [1.82, 2.24) is 4.90 Å². The molecule has 1 aromatic rings. The first-order valence-electron chi connectivity index (χ1n) is 7.40. The summed E-state index contributed by atoms with van der Waals surface area (Å²) < 4.78 is 9.54. The summed E-state index contributed by atoms with van der Waals surface area (Å²) in [5.41, 5.74) is 1.32. The van der Waals surface area contributed by atoms with Gasteiger partial charge < -0.3 is 14.4 Å². The molecule has 5 heteroatoms. The van der Waals surface area contributed by atoms with Crippen LogP contribution in [0.25, 0.3) is 6.08 Å². The van der Waals surface area contributed by atoms with E-state index in [9.17, 15) is 9.59 Å². The SMILES string of the molecule is COC(=O)C1=CC=CCN(/C=C/c2ccccc2)C=C1C(=O)OC. The van der Waals surface area contributed by atoms with Gasteiger partial charge in [-0.3, -0.25) is 0 Å². The molecule has 0 spiro atoms. The number of ether oxygens (including phenoxy) is 2. The Kier molecular flexibility index (Phi) is 6.14. The van der Waals surface area contributed by atoms with Crippen LogP contribution in [0.5, 0.6) is 0 Å². The summed E-state index contributed by atoms with van der Waals surface area (Å²) in [5, 5.41) is 0. The maximum atomic E-state index is 12.1. The van der Waals surface area contributed by atoms with Crippen LogP contribution in [0.1, 0.15) is 5.56 Å². The first-order valence-corrected chi connectivity index (χ1v) is 7.40. The summed E-state index contributed by atoms with van der Waals surface area (Å²) in [5.74, 6) is -1.19. The summed E-state index contributed by atoms with van der Waals surface area (Å²) in [4.78, 5) is 25.8. The molecule has 0 atom stereocenters. The Bertz CT molecular complexity index is 714. The second-order valence-corrected chi connectivity index (χ2v) is 4.96. The molecule has 1 aliphatic heterocycles. The van der Waals surface area contributed by atoms with E-state index in [1.165, 1.54) is 14.2 Å². The Hall–Kier alpha value is -3.08. The maximum Gasteiger partial charge on any atom is 0.340 e. The molecule has 2 rings (SSSR count). The second-order valence-electron chi connectivity index (χ2n) is 4.96. The van der Waals surface area contributed by atoms with Crippen LogP contribution in [0, 0.1) is 0 Å². The highest BCUT2D eigenvalue weighted by atomic mass is 16.5. The number of benzene rings is 1. The normalized spacial score (nSPS) is 14.5. The lowest BCUT2D eigenvalue weighted by Crippen LogP contribution is -2.20. The fraction of sp³-hybridized carbons (Fsp3) is 0.158. The zero-order valence-electron chi connectivity index (χ0n) is 13.6. The maximum absolute atomic E-state index is 12.1. The fourth-order valence-electron chi connectivity index (χ4n) is 2.14. The van der Waals surface area contributed by atoms with Gasteiger partial charge in [0.25, 0.3) is 0 Å². The zero-order valence-corrected chi connectivity index (χ0v) is 13.6. The number of allylic oxidation sites excluding steroid dienone is 2. The molecule has 5 nitrogen and oxygen atoms in total. The summed E-state index contributed by atoms with van der Waals surface area (Å²) in [6, 6.07) is 9.78. The lowest BCUT2D eigenvalue weighted by Gasteiger charge is -2.18. The molecule has 1 aromatic carbocycles. The van der Waals surface area contributed by atoms with Gasteiger partial charge in [0.2, 0.25) is 0 Å². The quantitative estimate of drug-likeness (QED) is 0.797. The zero-order chi connectivity index (χ0) is 17.4. The highest BCUT2D eigenvalue weighted by molar-refractivity contribution is 6.07. The smallest absolute Gasteiger partial charge is 0.340 e. The molecule has 0 bridgehead atoms. The molecule has 24 heavy (non-hydrogen) atoms. The van der Waals surface area contributed by atoms with Crippen molar-refractivity contribution in [2.75, 3.05) is 20.8 Å². The minimum atomic E-state index is -0.597. The molecule has 0 aliphatic carbocycles. The first kappa shape index (κ1) is 17.3. The molecular formula is C19H19NO4. The predicted molar refractivity (Wildman–Crippen MR) is 91.5 cm³/mol. The molecule has 1 aliphatic rings. The highest BCUT2D eigenvalue weighted by Crippen LogP contribution is 2.18. The van der Waals surface area contributed by atoms with E-state index in [2.05, 4.69) is 0 Å². The third-order valence-corrected chi connectivity index (χ3v) is 3.37. The van der Waals surface area contributed by atoms with Crippen LogP contribution in [0.2, 0.25) is 0 Å². The minimum Gasteiger partial charge on any atom is -0.465 e. The third kappa shape index (κ3) is 4.46. The van der Waals surface area contributed by atoms with E-state index in [0.717, 1.165) is 5.56 Å². The van der Waals surface area contributed by atoms with Gasteiger partial charge in [0.1, 0.15) is 0 Å². The van der Waals surface area contributed by atoms with Crippen LogP contribution in [-0.4, -0.2) is 37.6 Å². The lowest BCUT2D eigenvalue weighted by atomic mass is 10.1. The number of carbonyl (C=O) groups excluding carboxylic acids is 2. The van der Waals surface area contributed by atoms with Crippen molar-refractivity contribution in [1.29, 1.82) is 0 Å². The van der Waals surface area contributed by atoms with Crippen LogP contribution >= 0.6 is 0 Å². The van der Waals surface area contributed by atoms with Gasteiger partial charge >= 0.3 is 11.9 Å². The Morgan fingerprint density at radius 2 is 1.71 bits per heavy atom. The Balaban J connectivity index is 2.36. The average molecular weight is 325 g/mol. The highest BCUT2D eigenvalue weighted by Gasteiger charge is 2.23. The van der Waals surface area contributed by atoms with E-state index in [4.69, 9.17) is 9.47 Å². The molecule has 1 heterocycles. The summed E-state index contributed by atoms with van der Waals surface area (Å²) in [7, 11) is 2.55. The summed E-state index contributed by atoms with van der Waals surface area (Å²) in [6.07, 6.45) is 10.5. The third-order valence-electron chi connectivity index (χ3n) is 3.37. The summed E-state index contributed by atoms with van der Waals surface area (Å²) >= 11 is 0. The monoisotopic (exact) mass is 325 g/mol. The molecule has 0 fully saturated rings. The van der Waals surface area contributed by atoms with E-state index in [1.807, 2.05) is 48.7 Å².